The number of nitrogens with zero attached hydrogens (tertiary/aromatic N) is 4. The number of hydrogen-bond acceptors (Lipinski definition) is 5. The van der Waals surface area contributed by atoms with E-state index in [9.17, 15) is 0 Å². The first kappa shape index (κ1) is 9.60. The smallest absolute Gasteiger partial charge is 0.174 e. The van der Waals surface area contributed by atoms with E-state index in [-0.39, 0.29) is 0 Å². The monoisotopic (exact) mass is 204 g/mol. The highest BCUT2D eigenvalue weighted by molar-refractivity contribution is 5.35. The predicted octanol–water partition coefficient (Wildman–Crippen LogP) is 0.565. The number of nitrogens with two attached hydrogens (primary N) is 1. The number of nitrogens with one attached hydrogen (secondary N) is 1. The van der Waals surface area contributed by atoms with Gasteiger partial charge in [-0.3, -0.25) is 4.98 Å². The number of aryl methyl sites for hydroxylation is 2. The minimum absolute atomic E-state index is 0.514. The lowest BCUT2D eigenvalue weighted by molar-refractivity contribution is 0.799. The summed E-state index contributed by atoms with van der Waals surface area (Å²) >= 11 is 0. The molecule has 3 N–H and O–H groups in total. The zero-order valence-electron chi connectivity index (χ0n) is 8.60. The Kier molecular flexibility index (Phi) is 2.34. The van der Waals surface area contributed by atoms with E-state index in [0.29, 0.717) is 11.6 Å². The summed E-state index contributed by atoms with van der Waals surface area (Å²) in [6.45, 7) is 3.90. The fraction of sp³-hybridized carbons (Fsp3) is 0.222. The molecule has 0 aromatic carbocycles. The third-order valence-electron chi connectivity index (χ3n) is 2.00. The summed E-state index contributed by atoms with van der Waals surface area (Å²) < 4.78 is 1.73. The van der Waals surface area contributed by atoms with Crippen LogP contribution in [0.15, 0.2) is 18.5 Å². The number of anilines is 1. The van der Waals surface area contributed by atoms with Crippen molar-refractivity contribution in [1.29, 1.82) is 0 Å². The van der Waals surface area contributed by atoms with Crippen LogP contribution in [0.1, 0.15) is 11.4 Å². The van der Waals surface area contributed by atoms with Crippen molar-refractivity contribution in [3.63, 3.8) is 0 Å². The van der Waals surface area contributed by atoms with Crippen molar-refractivity contribution in [2.45, 2.75) is 13.8 Å². The molecule has 2 rings (SSSR count). The lowest BCUT2D eigenvalue weighted by atomic mass is 10.4. The van der Waals surface area contributed by atoms with Crippen molar-refractivity contribution in [2.75, 3.05) is 5.43 Å². The van der Waals surface area contributed by atoms with E-state index in [2.05, 4.69) is 20.5 Å². The first-order chi connectivity index (χ1) is 7.20. The van der Waals surface area contributed by atoms with Crippen LogP contribution in [0.3, 0.4) is 0 Å². The van der Waals surface area contributed by atoms with Gasteiger partial charge in [0.1, 0.15) is 0 Å². The third-order valence-corrected chi connectivity index (χ3v) is 2.00. The SMILES string of the molecule is Cc1cc(C)n(-c2cncc(NN)n2)n1. The summed E-state index contributed by atoms with van der Waals surface area (Å²) in [6, 6.07) is 1.98. The second kappa shape index (κ2) is 3.66. The first-order valence-corrected chi connectivity index (χ1v) is 4.53. The van der Waals surface area contributed by atoms with E-state index in [1.807, 2.05) is 19.9 Å². The van der Waals surface area contributed by atoms with Crippen molar-refractivity contribution < 1.29 is 0 Å². The molecule has 78 valence electrons. The second-order valence-corrected chi connectivity index (χ2v) is 3.25. The fourth-order valence-electron chi connectivity index (χ4n) is 1.39. The van der Waals surface area contributed by atoms with Gasteiger partial charge < -0.3 is 5.43 Å². The molecule has 0 amide bonds. The van der Waals surface area contributed by atoms with Crippen LogP contribution in [0.5, 0.6) is 0 Å². The van der Waals surface area contributed by atoms with Crippen molar-refractivity contribution >= 4 is 5.82 Å². The molecule has 0 radical (unpaired) electrons. The Labute approximate surface area is 87.1 Å². The predicted molar refractivity (Wildman–Crippen MR) is 56.4 cm³/mol. The lowest BCUT2D eigenvalue weighted by Gasteiger charge is -2.04. The van der Waals surface area contributed by atoms with Gasteiger partial charge >= 0.3 is 0 Å². The van der Waals surface area contributed by atoms with Gasteiger partial charge in [-0.1, -0.05) is 0 Å². The molecule has 0 atom stereocenters. The molecule has 15 heavy (non-hydrogen) atoms. The van der Waals surface area contributed by atoms with Gasteiger partial charge in [-0.15, -0.1) is 0 Å². The highest BCUT2D eigenvalue weighted by Crippen LogP contribution is 2.10. The van der Waals surface area contributed by atoms with Crippen molar-refractivity contribution in [3.05, 3.63) is 29.8 Å². The standard InChI is InChI=1S/C9H12N6/c1-6-3-7(2)15(14-6)9-5-11-4-8(12-9)13-10/h3-5H,10H2,1-2H3,(H,12,13). The molecular formula is C9H12N6. The molecule has 0 saturated carbocycles. The van der Waals surface area contributed by atoms with Gasteiger partial charge in [-0.25, -0.2) is 15.5 Å². The zero-order chi connectivity index (χ0) is 10.8. The van der Waals surface area contributed by atoms with Gasteiger partial charge in [0, 0.05) is 5.69 Å². The largest absolute Gasteiger partial charge is 0.307 e. The van der Waals surface area contributed by atoms with Crippen LogP contribution in [-0.4, -0.2) is 19.7 Å². The average molecular weight is 204 g/mol. The molecule has 0 unspecified atom stereocenters. The van der Waals surface area contributed by atoms with E-state index >= 15 is 0 Å². The maximum absolute atomic E-state index is 5.26. The molecule has 6 heteroatoms. The van der Waals surface area contributed by atoms with Crippen molar-refractivity contribution in [2.24, 2.45) is 5.84 Å². The summed E-state index contributed by atoms with van der Waals surface area (Å²) in [7, 11) is 0. The third kappa shape index (κ3) is 1.79. The average Bonchev–Trinajstić information content (AvgIpc) is 2.58. The molecule has 6 nitrogen and oxygen atoms in total. The zero-order valence-corrected chi connectivity index (χ0v) is 8.60. The Hall–Kier alpha value is -1.95. The Bertz CT molecular complexity index is 475. The molecule has 0 aliphatic heterocycles. The topological polar surface area (TPSA) is 81.7 Å². The lowest BCUT2D eigenvalue weighted by Crippen LogP contribution is -2.11. The Morgan fingerprint density at radius 2 is 2.13 bits per heavy atom. The van der Waals surface area contributed by atoms with Gasteiger partial charge in [-0.05, 0) is 19.9 Å². The van der Waals surface area contributed by atoms with Crippen LogP contribution in [-0.2, 0) is 0 Å². The van der Waals surface area contributed by atoms with Gasteiger partial charge in [0.05, 0.1) is 18.1 Å². The highest BCUT2D eigenvalue weighted by atomic mass is 15.3. The fourth-order valence-corrected chi connectivity index (χ4v) is 1.39. The Balaban J connectivity index is 2.49. The van der Waals surface area contributed by atoms with Gasteiger partial charge in [0.15, 0.2) is 11.6 Å². The van der Waals surface area contributed by atoms with Crippen LogP contribution in [0.2, 0.25) is 0 Å². The van der Waals surface area contributed by atoms with E-state index in [1.165, 1.54) is 0 Å². The molecule has 0 aliphatic carbocycles. The quantitative estimate of drug-likeness (QED) is 0.552. The van der Waals surface area contributed by atoms with E-state index < -0.39 is 0 Å². The summed E-state index contributed by atoms with van der Waals surface area (Å²) in [5, 5.41) is 4.30. The Morgan fingerprint density at radius 1 is 1.33 bits per heavy atom. The summed E-state index contributed by atoms with van der Waals surface area (Å²) in [4.78, 5) is 8.25. The molecule has 2 aromatic rings. The number of aromatic nitrogens is 4. The van der Waals surface area contributed by atoms with Crippen LogP contribution >= 0.6 is 0 Å². The van der Waals surface area contributed by atoms with E-state index in [1.54, 1.807) is 17.1 Å². The van der Waals surface area contributed by atoms with Crippen LogP contribution < -0.4 is 11.3 Å². The van der Waals surface area contributed by atoms with Crippen molar-refractivity contribution in [3.8, 4) is 5.82 Å². The number of hydrazine groups is 1. The second-order valence-electron chi connectivity index (χ2n) is 3.25. The van der Waals surface area contributed by atoms with E-state index in [0.717, 1.165) is 11.4 Å². The number of hydrogen-bond donors (Lipinski definition) is 2. The molecular weight excluding hydrogens is 192 g/mol. The molecule has 0 aliphatic rings. The normalized spacial score (nSPS) is 10.3. The molecule has 2 heterocycles. The van der Waals surface area contributed by atoms with Gasteiger partial charge in [0.25, 0.3) is 0 Å². The van der Waals surface area contributed by atoms with Crippen molar-refractivity contribution in [1.82, 2.24) is 19.7 Å². The maximum atomic E-state index is 5.26. The molecule has 0 fully saturated rings. The molecule has 0 bridgehead atoms. The molecule has 0 spiro atoms. The molecule has 2 aromatic heterocycles. The minimum atomic E-state index is 0.514. The summed E-state index contributed by atoms with van der Waals surface area (Å²) in [5.74, 6) is 6.42. The maximum Gasteiger partial charge on any atom is 0.174 e. The van der Waals surface area contributed by atoms with Crippen LogP contribution in [0.4, 0.5) is 5.82 Å². The highest BCUT2D eigenvalue weighted by Gasteiger charge is 2.05. The van der Waals surface area contributed by atoms with Crippen LogP contribution in [0, 0.1) is 13.8 Å². The van der Waals surface area contributed by atoms with Crippen LogP contribution in [0.25, 0.3) is 5.82 Å². The Morgan fingerprint density at radius 3 is 2.73 bits per heavy atom. The van der Waals surface area contributed by atoms with Gasteiger partial charge in [-0.2, -0.15) is 5.10 Å². The number of rotatable bonds is 2. The minimum Gasteiger partial charge on any atom is -0.307 e. The molecule has 0 saturated heterocycles. The summed E-state index contributed by atoms with van der Waals surface area (Å²) in [6.07, 6.45) is 3.19. The summed E-state index contributed by atoms with van der Waals surface area (Å²) in [5.41, 5.74) is 4.40. The van der Waals surface area contributed by atoms with E-state index in [4.69, 9.17) is 5.84 Å². The number of nitrogen functional groups attached to an aromatic ring is 1. The van der Waals surface area contributed by atoms with Gasteiger partial charge in [0.2, 0.25) is 0 Å². The first-order valence-electron chi connectivity index (χ1n) is 4.53.